The van der Waals surface area contributed by atoms with Crippen LogP contribution in [0.1, 0.15) is 61.2 Å². The van der Waals surface area contributed by atoms with E-state index in [4.69, 9.17) is 5.11 Å². The summed E-state index contributed by atoms with van der Waals surface area (Å²) in [4.78, 5) is 24.1. The fraction of sp³-hybridized carbons (Fsp3) is 0.625. The van der Waals surface area contributed by atoms with Crippen molar-refractivity contribution in [2.24, 2.45) is 11.3 Å². The number of aryl methyl sites for hydroxylation is 1. The lowest BCUT2D eigenvalue weighted by molar-refractivity contribution is -0.126. The highest BCUT2D eigenvalue weighted by Gasteiger charge is 2.41. The second kappa shape index (κ2) is 6.18. The van der Waals surface area contributed by atoms with E-state index in [0.29, 0.717) is 21.4 Å². The molecule has 0 atom stereocenters. The van der Waals surface area contributed by atoms with E-state index in [9.17, 15) is 9.59 Å². The zero-order valence-electron chi connectivity index (χ0n) is 12.9. The van der Waals surface area contributed by atoms with Gasteiger partial charge in [-0.05, 0) is 43.7 Å². The first kappa shape index (κ1) is 16.0. The van der Waals surface area contributed by atoms with Crippen molar-refractivity contribution in [1.29, 1.82) is 0 Å². The molecule has 1 aromatic heterocycles. The van der Waals surface area contributed by atoms with E-state index in [1.54, 1.807) is 13.0 Å². The third kappa shape index (κ3) is 3.46. The van der Waals surface area contributed by atoms with Gasteiger partial charge in [0.2, 0.25) is 5.91 Å². The topological polar surface area (TPSA) is 66.4 Å². The minimum atomic E-state index is -0.934. The summed E-state index contributed by atoms with van der Waals surface area (Å²) in [6, 6.07) is 1.75. The van der Waals surface area contributed by atoms with Gasteiger partial charge in [-0.15, -0.1) is 11.3 Å². The number of thiophene rings is 1. The third-order valence-corrected chi connectivity index (χ3v) is 5.33. The van der Waals surface area contributed by atoms with Gasteiger partial charge in [0.1, 0.15) is 4.88 Å². The van der Waals surface area contributed by atoms with Crippen molar-refractivity contribution >= 4 is 28.2 Å². The van der Waals surface area contributed by atoms with Crippen molar-refractivity contribution in [2.75, 3.05) is 5.32 Å². The second-order valence-electron chi connectivity index (χ2n) is 6.47. The van der Waals surface area contributed by atoms with Crippen LogP contribution < -0.4 is 5.32 Å². The molecule has 0 aliphatic heterocycles. The molecule has 0 spiro atoms. The Balaban J connectivity index is 2.16. The van der Waals surface area contributed by atoms with Crippen molar-refractivity contribution in [3.05, 3.63) is 16.5 Å². The van der Waals surface area contributed by atoms with E-state index >= 15 is 0 Å². The Hall–Kier alpha value is -1.36. The monoisotopic (exact) mass is 309 g/mol. The summed E-state index contributed by atoms with van der Waals surface area (Å²) in [6.07, 6.45) is 4.98. The molecule has 1 amide bonds. The van der Waals surface area contributed by atoms with Gasteiger partial charge in [-0.2, -0.15) is 0 Å². The van der Waals surface area contributed by atoms with Crippen LogP contribution in [0, 0.1) is 18.3 Å². The number of rotatable bonds is 5. The van der Waals surface area contributed by atoms with Gasteiger partial charge in [0.25, 0.3) is 0 Å². The lowest BCUT2D eigenvalue weighted by Crippen LogP contribution is -2.34. The molecule has 0 aromatic carbocycles. The number of amides is 1. The number of carboxylic acids is 1. The zero-order chi connectivity index (χ0) is 15.6. The lowest BCUT2D eigenvalue weighted by atomic mass is 9.78. The Morgan fingerprint density at radius 3 is 2.48 bits per heavy atom. The molecule has 1 aliphatic carbocycles. The number of nitrogens with one attached hydrogen (secondary N) is 1. The zero-order valence-corrected chi connectivity index (χ0v) is 13.7. The largest absolute Gasteiger partial charge is 0.477 e. The highest BCUT2D eigenvalue weighted by atomic mass is 32.1. The molecule has 5 heteroatoms. The van der Waals surface area contributed by atoms with Crippen LogP contribution in [0.4, 0.5) is 5.00 Å². The minimum Gasteiger partial charge on any atom is -0.477 e. The van der Waals surface area contributed by atoms with Gasteiger partial charge in [0.15, 0.2) is 0 Å². The maximum Gasteiger partial charge on any atom is 0.346 e. The quantitative estimate of drug-likeness (QED) is 0.852. The molecule has 1 saturated carbocycles. The summed E-state index contributed by atoms with van der Waals surface area (Å²) in [5.74, 6) is -0.392. The highest BCUT2D eigenvalue weighted by molar-refractivity contribution is 7.18. The fourth-order valence-corrected chi connectivity index (χ4v) is 4.26. The molecule has 1 fully saturated rings. The minimum absolute atomic E-state index is 0.0619. The third-order valence-electron chi connectivity index (χ3n) is 4.19. The average Bonchev–Trinajstić information content (AvgIpc) is 2.96. The van der Waals surface area contributed by atoms with Gasteiger partial charge in [-0.3, -0.25) is 4.79 Å². The molecular weight excluding hydrogens is 286 g/mol. The Bertz CT molecular complexity index is 542. The van der Waals surface area contributed by atoms with Gasteiger partial charge < -0.3 is 10.4 Å². The van der Waals surface area contributed by atoms with Gasteiger partial charge in [-0.1, -0.05) is 26.7 Å². The molecule has 116 valence electrons. The molecule has 0 radical (unpaired) electrons. The first-order chi connectivity index (χ1) is 9.84. The molecule has 1 heterocycles. The molecule has 0 bridgehead atoms. The molecule has 2 N–H and O–H groups in total. The van der Waals surface area contributed by atoms with Gasteiger partial charge in [-0.25, -0.2) is 4.79 Å². The summed E-state index contributed by atoms with van der Waals surface area (Å²) in [5.41, 5.74) is 0.433. The smallest absolute Gasteiger partial charge is 0.346 e. The first-order valence-electron chi connectivity index (χ1n) is 7.49. The van der Waals surface area contributed by atoms with E-state index in [1.165, 1.54) is 0 Å². The van der Waals surface area contributed by atoms with Crippen LogP contribution in [0.5, 0.6) is 0 Å². The van der Waals surface area contributed by atoms with E-state index in [0.717, 1.165) is 43.4 Å². The molecule has 1 aromatic rings. The van der Waals surface area contributed by atoms with E-state index in [2.05, 4.69) is 19.2 Å². The Morgan fingerprint density at radius 2 is 2.00 bits per heavy atom. The standard InChI is InChI=1S/C16H23NO3S/c1-10(2)9-16(6-4-5-7-16)15(20)17-12-8-11(3)13(21-12)14(18)19/h8,10H,4-7,9H2,1-3H3,(H,17,20)(H,18,19). The maximum absolute atomic E-state index is 12.7. The number of hydrogen-bond acceptors (Lipinski definition) is 3. The average molecular weight is 309 g/mol. The van der Waals surface area contributed by atoms with Crippen molar-refractivity contribution in [3.63, 3.8) is 0 Å². The number of carboxylic acid groups (broad SMARTS) is 1. The Kier molecular flexibility index (Phi) is 4.71. The van der Waals surface area contributed by atoms with E-state index < -0.39 is 5.97 Å². The van der Waals surface area contributed by atoms with Crippen LogP contribution in [0.25, 0.3) is 0 Å². The van der Waals surface area contributed by atoms with Crippen molar-refractivity contribution in [3.8, 4) is 0 Å². The van der Waals surface area contributed by atoms with E-state index in [1.807, 2.05) is 0 Å². The molecule has 2 rings (SSSR count). The van der Waals surface area contributed by atoms with Crippen LogP contribution in [0.3, 0.4) is 0 Å². The predicted octanol–water partition coefficient (Wildman–Crippen LogP) is 4.30. The summed E-state index contributed by atoms with van der Waals surface area (Å²) >= 11 is 1.14. The summed E-state index contributed by atoms with van der Waals surface area (Å²) < 4.78 is 0. The van der Waals surface area contributed by atoms with E-state index in [-0.39, 0.29) is 11.3 Å². The molecule has 1 aliphatic rings. The van der Waals surface area contributed by atoms with Crippen LogP contribution in [0.2, 0.25) is 0 Å². The highest BCUT2D eigenvalue weighted by Crippen LogP contribution is 2.44. The number of aromatic carboxylic acids is 1. The Labute approximate surface area is 129 Å². The molecular formula is C16H23NO3S. The van der Waals surface area contributed by atoms with Crippen LogP contribution in [0.15, 0.2) is 6.07 Å². The number of hydrogen-bond donors (Lipinski definition) is 2. The van der Waals surface area contributed by atoms with Crippen LogP contribution in [-0.2, 0) is 4.79 Å². The molecule has 21 heavy (non-hydrogen) atoms. The fourth-order valence-electron chi connectivity index (χ4n) is 3.36. The molecule has 0 unspecified atom stereocenters. The second-order valence-corrected chi connectivity index (χ2v) is 7.52. The van der Waals surface area contributed by atoms with Gasteiger partial charge >= 0.3 is 5.97 Å². The lowest BCUT2D eigenvalue weighted by Gasteiger charge is -2.29. The molecule has 0 saturated heterocycles. The van der Waals surface area contributed by atoms with Crippen LogP contribution >= 0.6 is 11.3 Å². The SMILES string of the molecule is Cc1cc(NC(=O)C2(CC(C)C)CCCC2)sc1C(=O)O. The summed E-state index contributed by atoms with van der Waals surface area (Å²) in [7, 11) is 0. The normalized spacial score (nSPS) is 17.1. The van der Waals surface area contributed by atoms with Gasteiger partial charge in [0, 0.05) is 5.41 Å². The van der Waals surface area contributed by atoms with Crippen molar-refractivity contribution < 1.29 is 14.7 Å². The maximum atomic E-state index is 12.7. The number of carbonyl (C=O) groups excluding carboxylic acids is 1. The van der Waals surface area contributed by atoms with Crippen LogP contribution in [-0.4, -0.2) is 17.0 Å². The molecule has 4 nitrogen and oxygen atoms in total. The number of carbonyl (C=O) groups is 2. The predicted molar refractivity (Wildman–Crippen MR) is 85.0 cm³/mol. The van der Waals surface area contributed by atoms with Gasteiger partial charge in [0.05, 0.1) is 5.00 Å². The summed E-state index contributed by atoms with van der Waals surface area (Å²) in [6.45, 7) is 6.05. The van der Waals surface area contributed by atoms with Crippen molar-refractivity contribution in [1.82, 2.24) is 0 Å². The Morgan fingerprint density at radius 1 is 1.38 bits per heavy atom. The number of anilines is 1. The van der Waals surface area contributed by atoms with Crippen molar-refractivity contribution in [2.45, 2.75) is 52.9 Å². The summed E-state index contributed by atoms with van der Waals surface area (Å²) in [5, 5.41) is 12.7. The first-order valence-corrected chi connectivity index (χ1v) is 8.31.